The third-order valence-corrected chi connectivity index (χ3v) is 7.54. The first-order valence-electron chi connectivity index (χ1n) is 12.9. The van der Waals surface area contributed by atoms with Gasteiger partial charge < -0.3 is 29.0 Å². The summed E-state index contributed by atoms with van der Waals surface area (Å²) in [5.41, 5.74) is 1.76. The number of fused-ring (bicyclic) bond motifs is 7. The van der Waals surface area contributed by atoms with Gasteiger partial charge in [-0.25, -0.2) is 9.59 Å². The van der Waals surface area contributed by atoms with E-state index >= 15 is 0 Å². The average molecular weight is 617 g/mol. The molecule has 2 atom stereocenters. The van der Waals surface area contributed by atoms with Crippen molar-refractivity contribution in [1.82, 2.24) is 9.80 Å². The van der Waals surface area contributed by atoms with Gasteiger partial charge in [-0.05, 0) is 41.0 Å². The first-order chi connectivity index (χ1) is 20.0. The number of hydrogen-bond donors (Lipinski definition) is 1. The van der Waals surface area contributed by atoms with Gasteiger partial charge in [0.05, 0.1) is 24.3 Å². The lowest BCUT2D eigenvalue weighted by molar-refractivity contribution is -0.153. The third-order valence-electron chi connectivity index (χ3n) is 6.98. The molecule has 3 aromatic rings. The van der Waals surface area contributed by atoms with Gasteiger partial charge in [0.1, 0.15) is 18.7 Å². The fourth-order valence-electron chi connectivity index (χ4n) is 4.61. The monoisotopic (exact) mass is 616 g/mol. The van der Waals surface area contributed by atoms with Crippen LogP contribution in [0.3, 0.4) is 0 Å². The first-order valence-corrected chi connectivity index (χ1v) is 13.6. The summed E-state index contributed by atoms with van der Waals surface area (Å²) in [5.74, 6) is -1.44. The minimum atomic E-state index is -1.11. The zero-order valence-corrected chi connectivity index (χ0v) is 24.9. The predicted molar refractivity (Wildman–Crippen MR) is 155 cm³/mol. The molecule has 0 aliphatic carbocycles. The number of benzene rings is 3. The molecule has 2 amide bonds. The molecule has 0 saturated heterocycles. The van der Waals surface area contributed by atoms with Crippen LogP contribution in [0.1, 0.15) is 16.7 Å². The fourth-order valence-corrected chi connectivity index (χ4v) is 5.22. The van der Waals surface area contributed by atoms with Crippen molar-refractivity contribution in [2.45, 2.75) is 31.5 Å². The Balaban J connectivity index is 1.78. The maximum absolute atomic E-state index is 14.1. The molecular formula is C30H30Cl2N2O8. The number of nitrogens with zero attached hydrogens (tertiary/aromatic N) is 2. The summed E-state index contributed by atoms with van der Waals surface area (Å²) in [4.78, 5) is 42.6. The van der Waals surface area contributed by atoms with E-state index in [2.05, 4.69) is 0 Å². The zero-order chi connectivity index (χ0) is 30.6. The summed E-state index contributed by atoms with van der Waals surface area (Å²) in [6.45, 7) is 0.000258. The van der Waals surface area contributed by atoms with Crippen LogP contribution in [-0.4, -0.2) is 73.3 Å². The molecular weight excluding hydrogens is 587 g/mol. The molecule has 5 rings (SSSR count). The van der Waals surface area contributed by atoms with Crippen LogP contribution in [-0.2, 0) is 38.5 Å². The number of phenols is 1. The number of ether oxygens (including phenoxy) is 4. The van der Waals surface area contributed by atoms with Crippen LogP contribution in [0.4, 0.5) is 4.79 Å². The van der Waals surface area contributed by atoms with Gasteiger partial charge >= 0.3 is 12.1 Å². The van der Waals surface area contributed by atoms with Gasteiger partial charge in [-0.15, -0.1) is 0 Å². The molecule has 10 nitrogen and oxygen atoms in total. The van der Waals surface area contributed by atoms with Crippen molar-refractivity contribution in [3.05, 3.63) is 81.3 Å². The number of esters is 1. The zero-order valence-electron chi connectivity index (χ0n) is 23.4. The molecule has 0 saturated carbocycles. The van der Waals surface area contributed by atoms with E-state index in [9.17, 15) is 19.5 Å². The highest BCUT2D eigenvalue weighted by Gasteiger charge is 2.37. The minimum absolute atomic E-state index is 0.000258. The molecule has 222 valence electrons. The summed E-state index contributed by atoms with van der Waals surface area (Å²) < 4.78 is 21.8. The Bertz CT molecular complexity index is 1460. The molecule has 0 aromatic heterocycles. The van der Waals surface area contributed by atoms with Crippen molar-refractivity contribution in [3.8, 4) is 23.0 Å². The van der Waals surface area contributed by atoms with Gasteiger partial charge in [0.2, 0.25) is 11.7 Å². The Hall–Kier alpha value is -4.15. The van der Waals surface area contributed by atoms with E-state index in [4.69, 9.17) is 42.1 Å². The van der Waals surface area contributed by atoms with E-state index in [0.29, 0.717) is 11.1 Å². The highest BCUT2D eigenvalue weighted by Crippen LogP contribution is 2.44. The molecule has 0 radical (unpaired) electrons. The van der Waals surface area contributed by atoms with E-state index in [1.807, 2.05) is 30.3 Å². The van der Waals surface area contributed by atoms with E-state index < -0.39 is 30.1 Å². The van der Waals surface area contributed by atoms with Crippen LogP contribution in [0.15, 0.2) is 54.6 Å². The third kappa shape index (κ3) is 6.66. The van der Waals surface area contributed by atoms with Gasteiger partial charge in [0.15, 0.2) is 17.2 Å². The molecule has 42 heavy (non-hydrogen) atoms. The van der Waals surface area contributed by atoms with E-state index in [1.165, 1.54) is 50.2 Å². The summed E-state index contributed by atoms with van der Waals surface area (Å²) in [6.07, 6.45) is -0.792. The number of carbonyl (C=O) groups is 3. The van der Waals surface area contributed by atoms with E-state index in [0.717, 1.165) is 5.56 Å². The van der Waals surface area contributed by atoms with Crippen molar-refractivity contribution in [1.29, 1.82) is 0 Å². The van der Waals surface area contributed by atoms with Gasteiger partial charge in [0.25, 0.3) is 0 Å². The van der Waals surface area contributed by atoms with Crippen molar-refractivity contribution >= 4 is 41.2 Å². The van der Waals surface area contributed by atoms with E-state index in [1.54, 1.807) is 12.1 Å². The number of rotatable bonds is 5. The van der Waals surface area contributed by atoms with Gasteiger partial charge in [-0.2, -0.15) is 0 Å². The first kappa shape index (κ1) is 30.8. The van der Waals surface area contributed by atoms with Crippen LogP contribution in [0.25, 0.3) is 0 Å². The molecule has 4 bridgehead atoms. The lowest BCUT2D eigenvalue weighted by atomic mass is 9.99. The molecule has 0 unspecified atom stereocenters. The van der Waals surface area contributed by atoms with Crippen LogP contribution in [0, 0.1) is 0 Å². The van der Waals surface area contributed by atoms with Crippen molar-refractivity contribution < 1.29 is 38.4 Å². The smallest absolute Gasteiger partial charge is 0.410 e. The molecule has 12 heteroatoms. The van der Waals surface area contributed by atoms with Gasteiger partial charge in [-0.3, -0.25) is 9.69 Å². The molecule has 1 N–H and O–H groups in total. The summed E-state index contributed by atoms with van der Waals surface area (Å²) in [6, 6.07) is 13.0. The van der Waals surface area contributed by atoms with Crippen molar-refractivity contribution in [3.63, 3.8) is 0 Å². The fraction of sp³-hybridized carbons (Fsp3) is 0.300. The molecule has 2 aliphatic heterocycles. The van der Waals surface area contributed by atoms with Crippen molar-refractivity contribution in [2.75, 3.05) is 28.3 Å². The quantitative estimate of drug-likeness (QED) is 0.387. The number of halogens is 2. The van der Waals surface area contributed by atoms with Crippen LogP contribution >= 0.6 is 23.2 Å². The van der Waals surface area contributed by atoms with Gasteiger partial charge in [-0.1, -0.05) is 53.5 Å². The summed E-state index contributed by atoms with van der Waals surface area (Å²) in [5, 5.41) is 11.0. The second-order valence-electron chi connectivity index (χ2n) is 9.70. The Kier molecular flexibility index (Phi) is 9.70. The van der Waals surface area contributed by atoms with Gasteiger partial charge in [0, 0.05) is 26.9 Å². The molecule has 0 spiro atoms. The lowest BCUT2D eigenvalue weighted by Gasteiger charge is -2.34. The minimum Gasteiger partial charge on any atom is -0.502 e. The maximum Gasteiger partial charge on any atom is 0.410 e. The molecule has 3 aromatic carbocycles. The van der Waals surface area contributed by atoms with Crippen LogP contribution in [0.2, 0.25) is 10.0 Å². The summed E-state index contributed by atoms with van der Waals surface area (Å²) >= 11 is 13.1. The number of carbonyl (C=O) groups excluding carboxylic acids is 3. The normalized spacial score (nSPS) is 16.7. The molecule has 2 aliphatic rings. The van der Waals surface area contributed by atoms with Crippen molar-refractivity contribution in [2.24, 2.45) is 0 Å². The number of aromatic hydroxyl groups is 1. The standard InChI is InChI=1S/C30H30Cl2N2O8/c1-33-23(29(37)40-4)13-19-14-24(39-3)26(35)25(15-19)42-27-20(31)10-18(11-21(27)32)12-22(28(33)36)34(2)30(38)41-16-17-8-6-5-7-9-17/h5-11,14-15,22-23,35H,12-13,16H2,1-4H3/t22-,23-/m0/s1. The average Bonchev–Trinajstić information content (AvgIpc) is 2.99. The predicted octanol–water partition coefficient (Wildman–Crippen LogP) is 5.24. The van der Waals surface area contributed by atoms with E-state index in [-0.39, 0.29) is 52.5 Å². The number of hydrogen-bond acceptors (Lipinski definition) is 8. The topological polar surface area (TPSA) is 115 Å². The largest absolute Gasteiger partial charge is 0.502 e. The number of likely N-dealkylation sites (N-methyl/N-ethyl adjacent to an activating group) is 2. The number of amides is 2. The SMILES string of the molecule is COC(=O)[C@@H]1Cc2cc(OC)c(O)c(c2)Oc2c(Cl)cc(cc2Cl)C[C@H](N(C)C(=O)OCc2ccccc2)C(=O)N1C. The number of methoxy groups -OCH3 is 2. The Morgan fingerprint density at radius 2 is 1.69 bits per heavy atom. The Morgan fingerprint density at radius 3 is 2.31 bits per heavy atom. The highest BCUT2D eigenvalue weighted by molar-refractivity contribution is 6.37. The lowest BCUT2D eigenvalue weighted by Crippen LogP contribution is -2.54. The number of phenolic OH excluding ortho intramolecular Hbond substituents is 1. The second-order valence-corrected chi connectivity index (χ2v) is 10.5. The Labute approximate surface area is 253 Å². The molecule has 0 fully saturated rings. The van der Waals surface area contributed by atoms with Crippen LogP contribution < -0.4 is 9.47 Å². The molecule has 2 heterocycles. The maximum atomic E-state index is 14.1. The highest BCUT2D eigenvalue weighted by atomic mass is 35.5. The summed E-state index contributed by atoms with van der Waals surface area (Å²) in [7, 11) is 5.47. The Morgan fingerprint density at radius 1 is 1.05 bits per heavy atom. The second kappa shape index (κ2) is 13.2. The van der Waals surface area contributed by atoms with Crippen LogP contribution in [0.5, 0.6) is 23.0 Å².